The SMILES string of the molecule is COCCN(CCOC)c1nc(/N=N/c2ccccc2)c(N2CCOCC2)nc1C#N. The molecule has 0 radical (unpaired) electrons. The largest absolute Gasteiger partial charge is 0.383 e. The second-order valence-corrected chi connectivity index (χ2v) is 6.76. The van der Waals surface area contributed by atoms with Gasteiger partial charge in [-0.25, -0.2) is 9.97 Å². The van der Waals surface area contributed by atoms with Crippen molar-refractivity contribution in [2.45, 2.75) is 0 Å². The van der Waals surface area contributed by atoms with E-state index in [0.717, 1.165) is 0 Å². The molecule has 0 amide bonds. The van der Waals surface area contributed by atoms with Gasteiger partial charge in [-0.05, 0) is 12.1 Å². The zero-order valence-corrected chi connectivity index (χ0v) is 17.9. The lowest BCUT2D eigenvalue weighted by Crippen LogP contribution is -2.37. The Hall–Kier alpha value is -3.13. The molecule has 1 aliphatic heterocycles. The van der Waals surface area contributed by atoms with Crippen LogP contribution in [-0.2, 0) is 14.2 Å². The summed E-state index contributed by atoms with van der Waals surface area (Å²) in [5.74, 6) is 1.33. The van der Waals surface area contributed by atoms with Crippen LogP contribution in [0, 0.1) is 11.3 Å². The van der Waals surface area contributed by atoms with Gasteiger partial charge in [-0.3, -0.25) is 0 Å². The first-order valence-electron chi connectivity index (χ1n) is 10.1. The maximum Gasteiger partial charge on any atom is 0.219 e. The number of aromatic nitrogens is 2. The van der Waals surface area contributed by atoms with Gasteiger partial charge in [0.15, 0.2) is 17.3 Å². The Morgan fingerprint density at radius 2 is 1.74 bits per heavy atom. The predicted molar refractivity (Wildman–Crippen MR) is 116 cm³/mol. The van der Waals surface area contributed by atoms with Crippen LogP contribution < -0.4 is 9.80 Å². The number of anilines is 2. The molecule has 1 fully saturated rings. The molecular weight excluding hydrogens is 398 g/mol. The minimum Gasteiger partial charge on any atom is -0.383 e. The van der Waals surface area contributed by atoms with E-state index in [2.05, 4.69) is 21.3 Å². The van der Waals surface area contributed by atoms with Gasteiger partial charge in [0.1, 0.15) is 6.07 Å². The molecule has 0 N–H and O–H groups in total. The number of azo groups is 1. The molecule has 1 aromatic carbocycles. The van der Waals surface area contributed by atoms with Crippen LogP contribution in [0.3, 0.4) is 0 Å². The van der Waals surface area contributed by atoms with E-state index in [1.807, 2.05) is 40.1 Å². The molecule has 31 heavy (non-hydrogen) atoms. The Kier molecular flexibility index (Phi) is 8.66. The highest BCUT2D eigenvalue weighted by Crippen LogP contribution is 2.31. The van der Waals surface area contributed by atoms with Crippen molar-refractivity contribution in [3.05, 3.63) is 36.0 Å². The average molecular weight is 425 g/mol. The number of ether oxygens (including phenoxy) is 3. The van der Waals surface area contributed by atoms with E-state index in [0.29, 0.717) is 75.7 Å². The van der Waals surface area contributed by atoms with Gasteiger partial charge >= 0.3 is 0 Å². The van der Waals surface area contributed by atoms with Crippen LogP contribution in [0.2, 0.25) is 0 Å². The molecule has 0 unspecified atom stereocenters. The molecule has 1 saturated heterocycles. The number of benzene rings is 1. The van der Waals surface area contributed by atoms with Crippen molar-refractivity contribution in [1.82, 2.24) is 9.97 Å². The second-order valence-electron chi connectivity index (χ2n) is 6.76. The molecule has 0 atom stereocenters. The first-order valence-corrected chi connectivity index (χ1v) is 10.1. The Morgan fingerprint density at radius 1 is 1.06 bits per heavy atom. The van der Waals surface area contributed by atoms with Crippen LogP contribution in [0.1, 0.15) is 5.69 Å². The molecule has 0 saturated carbocycles. The fraction of sp³-hybridized carbons (Fsp3) is 0.476. The quantitative estimate of drug-likeness (QED) is 0.535. The molecule has 3 rings (SSSR count). The third-order valence-corrected chi connectivity index (χ3v) is 4.70. The molecular formula is C21H27N7O3. The van der Waals surface area contributed by atoms with Gasteiger partial charge in [-0.1, -0.05) is 18.2 Å². The van der Waals surface area contributed by atoms with E-state index < -0.39 is 0 Å². The fourth-order valence-corrected chi connectivity index (χ4v) is 3.09. The van der Waals surface area contributed by atoms with Gasteiger partial charge in [0, 0.05) is 40.4 Å². The van der Waals surface area contributed by atoms with Gasteiger partial charge in [-0.15, -0.1) is 10.2 Å². The summed E-state index contributed by atoms with van der Waals surface area (Å²) in [5, 5.41) is 18.5. The lowest BCUT2D eigenvalue weighted by Gasteiger charge is -2.29. The van der Waals surface area contributed by atoms with E-state index in [1.54, 1.807) is 14.2 Å². The van der Waals surface area contributed by atoms with E-state index in [4.69, 9.17) is 19.2 Å². The molecule has 164 valence electrons. The minimum absolute atomic E-state index is 0.229. The van der Waals surface area contributed by atoms with Crippen LogP contribution in [0.4, 0.5) is 23.1 Å². The van der Waals surface area contributed by atoms with E-state index >= 15 is 0 Å². The lowest BCUT2D eigenvalue weighted by molar-refractivity contribution is 0.122. The average Bonchev–Trinajstić information content (AvgIpc) is 2.83. The Balaban J connectivity index is 2.04. The van der Waals surface area contributed by atoms with E-state index in [-0.39, 0.29) is 5.69 Å². The number of nitrogens with zero attached hydrogens (tertiary/aromatic N) is 7. The van der Waals surface area contributed by atoms with Gasteiger partial charge in [0.2, 0.25) is 5.82 Å². The van der Waals surface area contributed by atoms with Crippen LogP contribution in [-0.4, -0.2) is 76.8 Å². The maximum absolute atomic E-state index is 9.80. The zero-order chi connectivity index (χ0) is 21.9. The summed E-state index contributed by atoms with van der Waals surface area (Å²) in [4.78, 5) is 13.3. The minimum atomic E-state index is 0.229. The topological polar surface area (TPSA) is 108 Å². The summed E-state index contributed by atoms with van der Waals surface area (Å²) < 4.78 is 15.9. The monoisotopic (exact) mass is 425 g/mol. The highest BCUT2D eigenvalue weighted by Gasteiger charge is 2.23. The molecule has 1 aliphatic rings. The smallest absolute Gasteiger partial charge is 0.219 e. The summed E-state index contributed by atoms with van der Waals surface area (Å²) in [7, 11) is 3.26. The summed E-state index contributed by atoms with van der Waals surface area (Å²) in [5.41, 5.74) is 0.936. The summed E-state index contributed by atoms with van der Waals surface area (Å²) in [6.07, 6.45) is 0. The molecule has 2 heterocycles. The number of rotatable bonds is 10. The molecule has 2 aromatic rings. The van der Waals surface area contributed by atoms with Crippen molar-refractivity contribution in [2.24, 2.45) is 10.2 Å². The summed E-state index contributed by atoms with van der Waals surface area (Å²) >= 11 is 0. The zero-order valence-electron chi connectivity index (χ0n) is 17.9. The second kappa shape index (κ2) is 11.9. The van der Waals surface area contributed by atoms with Crippen molar-refractivity contribution >= 4 is 23.1 Å². The number of methoxy groups -OCH3 is 2. The molecule has 1 aromatic heterocycles. The molecule has 10 nitrogen and oxygen atoms in total. The molecule has 10 heteroatoms. The highest BCUT2D eigenvalue weighted by molar-refractivity contribution is 5.65. The van der Waals surface area contributed by atoms with Gasteiger partial charge in [-0.2, -0.15) is 5.26 Å². The fourth-order valence-electron chi connectivity index (χ4n) is 3.09. The van der Waals surface area contributed by atoms with Crippen LogP contribution in [0.5, 0.6) is 0 Å². The molecule has 0 spiro atoms. The van der Waals surface area contributed by atoms with Gasteiger partial charge < -0.3 is 24.0 Å². The third kappa shape index (κ3) is 6.18. The first kappa shape index (κ1) is 22.6. The van der Waals surface area contributed by atoms with E-state index in [9.17, 15) is 5.26 Å². The predicted octanol–water partition coefficient (Wildman–Crippen LogP) is 2.70. The van der Waals surface area contributed by atoms with Crippen molar-refractivity contribution in [3.8, 4) is 6.07 Å². The summed E-state index contributed by atoms with van der Waals surface area (Å²) in [6, 6.07) is 11.6. The highest BCUT2D eigenvalue weighted by atomic mass is 16.5. The normalized spacial score (nSPS) is 14.0. The number of morpholine rings is 1. The summed E-state index contributed by atoms with van der Waals surface area (Å²) in [6.45, 7) is 4.46. The number of nitriles is 1. The van der Waals surface area contributed by atoms with E-state index in [1.165, 1.54) is 0 Å². The number of hydrogen-bond acceptors (Lipinski definition) is 10. The maximum atomic E-state index is 9.80. The van der Waals surface area contributed by atoms with Crippen molar-refractivity contribution in [3.63, 3.8) is 0 Å². The Labute approximate surface area is 182 Å². The van der Waals surface area contributed by atoms with Crippen molar-refractivity contribution in [1.29, 1.82) is 5.26 Å². The lowest BCUT2D eigenvalue weighted by atomic mass is 10.3. The standard InChI is InChI=1S/C21H27N7O3/c1-29-12-8-27(9-13-30-2)20-18(16-22)23-21(28-10-14-31-15-11-28)19(24-20)26-25-17-6-4-3-5-7-17/h3-7H,8-15H2,1-2H3/b26-25+. The number of hydrogen-bond donors (Lipinski definition) is 0. The molecule has 0 aliphatic carbocycles. The van der Waals surface area contributed by atoms with Gasteiger partial charge in [0.05, 0.1) is 32.1 Å². The Bertz CT molecular complexity index is 888. The first-order chi connectivity index (χ1) is 15.3. The van der Waals surface area contributed by atoms with Crippen molar-refractivity contribution < 1.29 is 14.2 Å². The Morgan fingerprint density at radius 3 is 2.35 bits per heavy atom. The van der Waals surface area contributed by atoms with Gasteiger partial charge in [0.25, 0.3) is 0 Å². The van der Waals surface area contributed by atoms with Crippen molar-refractivity contribution in [2.75, 3.05) is 76.6 Å². The third-order valence-electron chi connectivity index (χ3n) is 4.70. The van der Waals surface area contributed by atoms with Crippen LogP contribution in [0.25, 0.3) is 0 Å². The van der Waals surface area contributed by atoms with Crippen LogP contribution >= 0.6 is 0 Å². The van der Waals surface area contributed by atoms with Crippen LogP contribution in [0.15, 0.2) is 40.6 Å². The molecule has 0 bridgehead atoms.